The number of aromatic nitrogens is 4. The number of benzene rings is 2. The molecule has 158 valence electrons. The predicted molar refractivity (Wildman–Crippen MR) is 121 cm³/mol. The topological polar surface area (TPSA) is 100 Å². The van der Waals surface area contributed by atoms with Gasteiger partial charge in [-0.25, -0.2) is 9.67 Å². The first kappa shape index (κ1) is 19.2. The minimum Gasteiger partial charge on any atom is -0.497 e. The van der Waals surface area contributed by atoms with E-state index in [0.29, 0.717) is 23.3 Å². The minimum atomic E-state index is 0.486. The fourth-order valence-corrected chi connectivity index (χ4v) is 3.53. The van der Waals surface area contributed by atoms with Crippen LogP contribution >= 0.6 is 0 Å². The van der Waals surface area contributed by atoms with Gasteiger partial charge in [0.15, 0.2) is 5.65 Å². The molecule has 8 nitrogen and oxygen atoms in total. The molecule has 2 aromatic carbocycles. The lowest BCUT2D eigenvalue weighted by atomic mass is 10.1. The molecule has 0 amide bonds. The molecule has 2 heterocycles. The molecular formula is C23H24N6O2. The molecule has 31 heavy (non-hydrogen) atoms. The van der Waals surface area contributed by atoms with Gasteiger partial charge in [0.2, 0.25) is 5.95 Å². The van der Waals surface area contributed by atoms with E-state index in [-0.39, 0.29) is 0 Å². The van der Waals surface area contributed by atoms with Crippen LogP contribution in [0, 0.1) is 5.92 Å². The lowest BCUT2D eigenvalue weighted by molar-refractivity contribution is 0.414. The zero-order chi connectivity index (χ0) is 21.4. The number of rotatable bonds is 7. The molecule has 1 saturated carbocycles. The van der Waals surface area contributed by atoms with E-state index in [9.17, 15) is 0 Å². The highest BCUT2D eigenvalue weighted by Gasteiger charge is 2.23. The minimum absolute atomic E-state index is 0.486. The second kappa shape index (κ2) is 7.79. The SMILES string of the molecule is COc1ccc(-c2nc(NCC3CC3)nc3nn(-c4ccc(OC)cc4)c(N)c23)cc1. The molecule has 0 saturated heterocycles. The van der Waals surface area contributed by atoms with Crippen molar-refractivity contribution in [1.29, 1.82) is 0 Å². The van der Waals surface area contributed by atoms with Crippen LogP contribution in [0.15, 0.2) is 48.5 Å². The average Bonchev–Trinajstić information content (AvgIpc) is 3.59. The van der Waals surface area contributed by atoms with Gasteiger partial charge in [-0.15, -0.1) is 5.10 Å². The maximum Gasteiger partial charge on any atom is 0.225 e. The highest BCUT2D eigenvalue weighted by Crippen LogP contribution is 2.34. The number of fused-ring (bicyclic) bond motifs is 1. The molecule has 0 spiro atoms. The normalized spacial score (nSPS) is 13.4. The molecule has 4 aromatic rings. The molecular weight excluding hydrogens is 392 g/mol. The number of nitrogens with zero attached hydrogens (tertiary/aromatic N) is 4. The summed E-state index contributed by atoms with van der Waals surface area (Å²) in [6.07, 6.45) is 2.50. The molecule has 1 aliphatic carbocycles. The van der Waals surface area contributed by atoms with E-state index in [1.807, 2.05) is 48.5 Å². The number of hydrogen-bond donors (Lipinski definition) is 2. The number of methoxy groups -OCH3 is 2. The Morgan fingerprint density at radius 2 is 1.61 bits per heavy atom. The molecule has 5 rings (SSSR count). The average molecular weight is 416 g/mol. The molecule has 1 fully saturated rings. The summed E-state index contributed by atoms with van der Waals surface area (Å²) in [5.41, 5.74) is 9.59. The fraction of sp³-hybridized carbons (Fsp3) is 0.261. The number of ether oxygens (including phenoxy) is 2. The highest BCUT2D eigenvalue weighted by atomic mass is 16.5. The largest absolute Gasteiger partial charge is 0.497 e. The second-order valence-corrected chi connectivity index (χ2v) is 7.64. The van der Waals surface area contributed by atoms with E-state index in [0.717, 1.165) is 40.4 Å². The first-order valence-electron chi connectivity index (χ1n) is 10.2. The van der Waals surface area contributed by atoms with Crippen molar-refractivity contribution < 1.29 is 9.47 Å². The first-order chi connectivity index (χ1) is 15.2. The third-order valence-corrected chi connectivity index (χ3v) is 5.50. The second-order valence-electron chi connectivity index (χ2n) is 7.64. The lowest BCUT2D eigenvalue weighted by Crippen LogP contribution is -2.07. The smallest absolute Gasteiger partial charge is 0.225 e. The molecule has 0 radical (unpaired) electrons. The van der Waals surface area contributed by atoms with E-state index < -0.39 is 0 Å². The molecule has 0 unspecified atom stereocenters. The summed E-state index contributed by atoms with van der Waals surface area (Å²) >= 11 is 0. The van der Waals surface area contributed by atoms with Gasteiger partial charge in [-0.3, -0.25) is 0 Å². The van der Waals surface area contributed by atoms with Crippen molar-refractivity contribution >= 4 is 22.8 Å². The van der Waals surface area contributed by atoms with Gasteiger partial charge >= 0.3 is 0 Å². The zero-order valence-corrected chi connectivity index (χ0v) is 17.5. The lowest BCUT2D eigenvalue weighted by Gasteiger charge is -2.09. The highest BCUT2D eigenvalue weighted by molar-refractivity contribution is 5.99. The van der Waals surface area contributed by atoms with Crippen LogP contribution in [0.2, 0.25) is 0 Å². The number of nitrogen functional groups attached to an aromatic ring is 1. The van der Waals surface area contributed by atoms with Gasteiger partial charge in [-0.2, -0.15) is 4.98 Å². The Bertz CT molecular complexity index is 1210. The summed E-state index contributed by atoms with van der Waals surface area (Å²) in [7, 11) is 3.28. The Morgan fingerprint density at radius 3 is 2.23 bits per heavy atom. The van der Waals surface area contributed by atoms with E-state index in [1.54, 1.807) is 18.9 Å². The first-order valence-corrected chi connectivity index (χ1v) is 10.2. The Hall–Kier alpha value is -3.81. The zero-order valence-electron chi connectivity index (χ0n) is 17.5. The molecule has 0 atom stereocenters. The summed E-state index contributed by atoms with van der Waals surface area (Å²) < 4.78 is 12.2. The maximum absolute atomic E-state index is 6.56. The number of anilines is 2. The number of nitrogens with two attached hydrogens (primary N) is 1. The van der Waals surface area contributed by atoms with Gasteiger partial charge in [0, 0.05) is 12.1 Å². The third kappa shape index (κ3) is 3.72. The van der Waals surface area contributed by atoms with Crippen LogP contribution in [0.5, 0.6) is 11.5 Å². The molecule has 0 bridgehead atoms. The molecule has 2 aromatic heterocycles. The van der Waals surface area contributed by atoms with Crippen LogP contribution in [-0.4, -0.2) is 40.5 Å². The Kier molecular flexibility index (Phi) is 4.82. The summed E-state index contributed by atoms with van der Waals surface area (Å²) in [5.74, 6) is 3.29. The van der Waals surface area contributed by atoms with E-state index >= 15 is 0 Å². The van der Waals surface area contributed by atoms with Crippen LogP contribution in [0.3, 0.4) is 0 Å². The van der Waals surface area contributed by atoms with Gasteiger partial charge in [-0.1, -0.05) is 0 Å². The molecule has 0 aliphatic heterocycles. The van der Waals surface area contributed by atoms with Crippen molar-refractivity contribution in [1.82, 2.24) is 19.7 Å². The quantitative estimate of drug-likeness (QED) is 0.471. The van der Waals surface area contributed by atoms with Crippen LogP contribution in [0.4, 0.5) is 11.8 Å². The summed E-state index contributed by atoms with van der Waals surface area (Å²) in [6.45, 7) is 0.863. The van der Waals surface area contributed by atoms with Gasteiger partial charge < -0.3 is 20.5 Å². The van der Waals surface area contributed by atoms with Crippen LogP contribution in [-0.2, 0) is 0 Å². The predicted octanol–water partition coefficient (Wildman–Crippen LogP) is 3.90. The van der Waals surface area contributed by atoms with Crippen LogP contribution in [0.25, 0.3) is 28.0 Å². The summed E-state index contributed by atoms with van der Waals surface area (Å²) in [4.78, 5) is 9.46. The number of hydrogen-bond acceptors (Lipinski definition) is 7. The molecule has 1 aliphatic rings. The molecule has 8 heteroatoms. The van der Waals surface area contributed by atoms with Crippen LogP contribution in [0.1, 0.15) is 12.8 Å². The van der Waals surface area contributed by atoms with Gasteiger partial charge in [-0.05, 0) is 67.3 Å². The van der Waals surface area contributed by atoms with Crippen molar-refractivity contribution in [3.63, 3.8) is 0 Å². The molecule has 3 N–H and O–H groups in total. The van der Waals surface area contributed by atoms with Crippen molar-refractivity contribution in [2.45, 2.75) is 12.8 Å². The van der Waals surface area contributed by atoms with Crippen LogP contribution < -0.4 is 20.5 Å². The third-order valence-electron chi connectivity index (χ3n) is 5.50. The van der Waals surface area contributed by atoms with E-state index in [4.69, 9.17) is 25.3 Å². The Morgan fingerprint density at radius 1 is 0.968 bits per heavy atom. The van der Waals surface area contributed by atoms with Gasteiger partial charge in [0.25, 0.3) is 0 Å². The monoisotopic (exact) mass is 416 g/mol. The van der Waals surface area contributed by atoms with Gasteiger partial charge in [0.1, 0.15) is 17.3 Å². The number of nitrogens with one attached hydrogen (secondary N) is 1. The summed E-state index contributed by atoms with van der Waals surface area (Å²) in [6, 6.07) is 15.3. The van der Waals surface area contributed by atoms with Crippen molar-refractivity contribution in [2.75, 3.05) is 31.8 Å². The van der Waals surface area contributed by atoms with Gasteiger partial charge in [0.05, 0.1) is 31.0 Å². The maximum atomic E-state index is 6.56. The van der Waals surface area contributed by atoms with E-state index in [2.05, 4.69) is 10.3 Å². The van der Waals surface area contributed by atoms with Crippen molar-refractivity contribution in [2.24, 2.45) is 5.92 Å². The Balaban J connectivity index is 1.64. The van der Waals surface area contributed by atoms with Crippen molar-refractivity contribution in [3.8, 4) is 28.4 Å². The fourth-order valence-electron chi connectivity index (χ4n) is 3.53. The standard InChI is InChI=1S/C23H24N6O2/c1-30-17-9-5-15(6-10-17)20-19-21(24)29(16-7-11-18(31-2)12-8-16)28-22(19)27-23(26-20)25-13-14-3-4-14/h5-12,14H,3-4,13,24H2,1-2H3,(H,25,27,28). The van der Waals surface area contributed by atoms with Crippen molar-refractivity contribution in [3.05, 3.63) is 48.5 Å². The summed E-state index contributed by atoms with van der Waals surface area (Å²) in [5, 5.41) is 8.78. The Labute approximate surface area is 180 Å². The van der Waals surface area contributed by atoms with E-state index in [1.165, 1.54) is 12.8 Å².